The molecule has 0 saturated heterocycles. The van der Waals surface area contributed by atoms with Crippen LogP contribution in [0.3, 0.4) is 0 Å². The number of rotatable bonds is 1. The lowest BCUT2D eigenvalue weighted by molar-refractivity contribution is 0.788. The number of hydrogen-bond acceptors (Lipinski definition) is 1. The fourth-order valence-electron chi connectivity index (χ4n) is 1.91. The molecule has 2 aliphatic carbocycles. The molecule has 0 aromatic rings. The highest BCUT2D eigenvalue weighted by atomic mass is 31.1. The summed E-state index contributed by atoms with van der Waals surface area (Å²) in [5.41, 5.74) is 8.71. The lowest BCUT2D eigenvalue weighted by atomic mass is 9.88. The highest BCUT2D eigenvalue weighted by Gasteiger charge is 2.17. The van der Waals surface area contributed by atoms with Crippen LogP contribution in [0.2, 0.25) is 0 Å². The van der Waals surface area contributed by atoms with Crippen molar-refractivity contribution in [2.75, 3.05) is 0 Å². The summed E-state index contributed by atoms with van der Waals surface area (Å²) in [5.74, 6) is 0. The van der Waals surface area contributed by atoms with Gasteiger partial charge in [0.05, 0.1) is 0 Å². The van der Waals surface area contributed by atoms with Crippen LogP contribution in [0.25, 0.3) is 0 Å². The third kappa shape index (κ3) is 1.67. The smallest absolute Gasteiger partial charge is 0.0265 e. The molecular weight excluding hydrogens is 177 g/mol. The summed E-state index contributed by atoms with van der Waals surface area (Å²) in [4.78, 5) is 0. The lowest BCUT2D eigenvalue weighted by Crippen LogP contribution is -2.20. The van der Waals surface area contributed by atoms with Gasteiger partial charge in [-0.2, -0.15) is 0 Å². The average Bonchev–Trinajstić information content (AvgIpc) is 2.16. The summed E-state index contributed by atoms with van der Waals surface area (Å²) < 4.78 is 0. The van der Waals surface area contributed by atoms with E-state index in [1.54, 1.807) is 0 Å². The van der Waals surface area contributed by atoms with Gasteiger partial charge in [0.15, 0.2) is 0 Å². The van der Waals surface area contributed by atoms with Crippen LogP contribution in [0.4, 0.5) is 0 Å². The molecule has 0 saturated carbocycles. The van der Waals surface area contributed by atoms with E-state index in [0.717, 1.165) is 27.5 Å². The summed E-state index contributed by atoms with van der Waals surface area (Å²) in [6, 6.07) is 0.236. The zero-order chi connectivity index (χ0) is 9.26. The molecule has 0 bridgehead atoms. The second-order valence-corrected chi connectivity index (χ2v) is 4.29. The Morgan fingerprint density at radius 1 is 1.46 bits per heavy atom. The summed E-state index contributed by atoms with van der Waals surface area (Å²) in [6.07, 6.45) is 14.0. The largest absolute Gasteiger partial charge is 0.324 e. The monoisotopic (exact) mass is 191 g/mol. The Balaban J connectivity index is 2.36. The molecule has 2 aliphatic rings. The van der Waals surface area contributed by atoms with Crippen molar-refractivity contribution in [1.29, 1.82) is 0 Å². The van der Waals surface area contributed by atoms with E-state index in [-0.39, 0.29) is 6.04 Å². The van der Waals surface area contributed by atoms with Crippen molar-refractivity contribution in [2.45, 2.75) is 25.3 Å². The molecule has 0 aliphatic heterocycles. The summed E-state index contributed by atoms with van der Waals surface area (Å²) in [5, 5.41) is 1.38. The Hall–Kier alpha value is -0.650. The summed E-state index contributed by atoms with van der Waals surface area (Å²) >= 11 is 0. The maximum absolute atomic E-state index is 5.87. The topological polar surface area (TPSA) is 26.0 Å². The second-order valence-electron chi connectivity index (χ2n) is 3.50. The maximum Gasteiger partial charge on any atom is 0.0265 e. The molecule has 2 heteroatoms. The van der Waals surface area contributed by atoms with Crippen LogP contribution in [0.15, 0.2) is 34.7 Å². The van der Waals surface area contributed by atoms with Gasteiger partial charge in [0.25, 0.3) is 0 Å². The van der Waals surface area contributed by atoms with Crippen molar-refractivity contribution in [2.24, 2.45) is 5.73 Å². The van der Waals surface area contributed by atoms with Crippen LogP contribution >= 0.6 is 8.20 Å². The van der Waals surface area contributed by atoms with Gasteiger partial charge in [0.2, 0.25) is 0 Å². The maximum atomic E-state index is 5.87. The summed E-state index contributed by atoms with van der Waals surface area (Å²) in [7, 11) is 1.13. The lowest BCUT2D eigenvalue weighted by Gasteiger charge is -2.23. The number of hydrogen-bond donors (Lipinski definition) is 1. The molecular formula is C11H14NP. The Morgan fingerprint density at radius 2 is 2.31 bits per heavy atom. The quantitative estimate of drug-likeness (QED) is 0.633. The molecule has 1 unspecified atom stereocenters. The van der Waals surface area contributed by atoms with E-state index in [0.29, 0.717) is 0 Å². The predicted molar refractivity (Wildman–Crippen MR) is 60.1 cm³/mol. The fraction of sp³-hybridized carbons (Fsp3) is 0.364. The Labute approximate surface area is 80.8 Å². The standard InChI is InChI=1S/C11H14NP/c1-13-11-4-2-3-8-7-9(12)5-6-10(8)11/h4,6-7,9H,1-3,5,12H2. The molecule has 2 N–H and O–H groups in total. The minimum absolute atomic E-state index is 0.236. The van der Waals surface area contributed by atoms with E-state index in [9.17, 15) is 0 Å². The molecule has 0 aromatic heterocycles. The van der Waals surface area contributed by atoms with E-state index in [1.165, 1.54) is 16.5 Å². The summed E-state index contributed by atoms with van der Waals surface area (Å²) in [6.45, 7) is 0. The zero-order valence-electron chi connectivity index (χ0n) is 7.66. The van der Waals surface area contributed by atoms with E-state index in [4.69, 9.17) is 5.73 Å². The Kier molecular flexibility index (Phi) is 2.48. The first kappa shape index (κ1) is 8.93. The fourth-order valence-corrected chi connectivity index (χ4v) is 2.58. The van der Waals surface area contributed by atoms with Crippen LogP contribution in [0, 0.1) is 0 Å². The Bertz CT molecular complexity index is 323. The van der Waals surface area contributed by atoms with Crippen molar-refractivity contribution in [3.63, 3.8) is 0 Å². The zero-order valence-corrected chi connectivity index (χ0v) is 8.56. The van der Waals surface area contributed by atoms with Gasteiger partial charge in [-0.3, -0.25) is 0 Å². The van der Waals surface area contributed by atoms with Gasteiger partial charge in [-0.25, -0.2) is 0 Å². The van der Waals surface area contributed by atoms with Gasteiger partial charge in [-0.05, 0) is 30.4 Å². The first-order chi connectivity index (χ1) is 6.31. The van der Waals surface area contributed by atoms with Gasteiger partial charge in [0, 0.05) is 11.4 Å². The van der Waals surface area contributed by atoms with E-state index < -0.39 is 0 Å². The van der Waals surface area contributed by atoms with Crippen molar-refractivity contribution in [3.8, 4) is 0 Å². The highest BCUT2D eigenvalue weighted by Crippen LogP contribution is 2.37. The van der Waals surface area contributed by atoms with E-state index in [2.05, 4.69) is 24.5 Å². The minimum atomic E-state index is 0.236. The third-order valence-electron chi connectivity index (χ3n) is 2.55. The van der Waals surface area contributed by atoms with Crippen LogP contribution in [0.5, 0.6) is 0 Å². The minimum Gasteiger partial charge on any atom is -0.324 e. The van der Waals surface area contributed by atoms with Crippen molar-refractivity contribution < 1.29 is 0 Å². The predicted octanol–water partition coefficient (Wildman–Crippen LogP) is 2.63. The van der Waals surface area contributed by atoms with E-state index >= 15 is 0 Å². The molecule has 0 fully saturated rings. The molecule has 0 heterocycles. The average molecular weight is 191 g/mol. The van der Waals surface area contributed by atoms with Gasteiger partial charge in [-0.1, -0.05) is 32.7 Å². The molecule has 13 heavy (non-hydrogen) atoms. The van der Waals surface area contributed by atoms with Crippen LogP contribution in [-0.2, 0) is 0 Å². The van der Waals surface area contributed by atoms with Crippen molar-refractivity contribution >= 4 is 14.5 Å². The van der Waals surface area contributed by atoms with Crippen molar-refractivity contribution in [1.82, 2.24) is 0 Å². The molecule has 0 aromatic carbocycles. The number of allylic oxidation sites excluding steroid dienone is 4. The highest BCUT2D eigenvalue weighted by molar-refractivity contribution is 7.42. The van der Waals surface area contributed by atoms with Gasteiger partial charge < -0.3 is 5.73 Å². The SMILES string of the molecule is C=PC1=CCCC2=CC(N)CC=C21. The number of nitrogens with two attached hydrogens (primary N) is 1. The third-order valence-corrected chi connectivity index (χ3v) is 3.32. The van der Waals surface area contributed by atoms with Gasteiger partial charge in [0.1, 0.15) is 0 Å². The Morgan fingerprint density at radius 3 is 3.08 bits per heavy atom. The van der Waals surface area contributed by atoms with Crippen LogP contribution in [0.1, 0.15) is 19.3 Å². The van der Waals surface area contributed by atoms with Crippen molar-refractivity contribution in [3.05, 3.63) is 34.7 Å². The van der Waals surface area contributed by atoms with Gasteiger partial charge >= 0.3 is 0 Å². The normalized spacial score (nSPS) is 27.5. The first-order valence-electron chi connectivity index (χ1n) is 4.65. The molecule has 0 radical (unpaired) electrons. The molecule has 1 nitrogen and oxygen atoms in total. The molecule has 68 valence electrons. The number of fused-ring (bicyclic) bond motifs is 1. The molecule has 1 atom stereocenters. The van der Waals surface area contributed by atoms with E-state index in [1.807, 2.05) is 0 Å². The molecule has 2 rings (SSSR count). The second kappa shape index (κ2) is 3.61. The first-order valence-corrected chi connectivity index (χ1v) is 5.73. The molecule has 0 amide bonds. The molecule has 0 spiro atoms. The van der Waals surface area contributed by atoms with Crippen LogP contribution in [-0.4, -0.2) is 12.3 Å². The van der Waals surface area contributed by atoms with Gasteiger partial charge in [-0.15, -0.1) is 0 Å². The van der Waals surface area contributed by atoms with Crippen LogP contribution < -0.4 is 5.73 Å².